The molecule has 6 heteroatoms. The SMILES string of the molecule is CN(C)C1CCN(C(=O)c2cc(Cl)ncc2Cl)C1. The monoisotopic (exact) mass is 287 g/mol. The molecule has 1 aliphatic rings. The van der Waals surface area contributed by atoms with E-state index >= 15 is 0 Å². The zero-order chi connectivity index (χ0) is 13.3. The summed E-state index contributed by atoms with van der Waals surface area (Å²) in [5.74, 6) is -0.0753. The van der Waals surface area contributed by atoms with Crippen LogP contribution >= 0.6 is 23.2 Å². The Labute approximate surface area is 116 Å². The molecule has 1 aliphatic heterocycles. The molecule has 1 saturated heterocycles. The van der Waals surface area contributed by atoms with Crippen LogP contribution in [0.5, 0.6) is 0 Å². The van der Waals surface area contributed by atoms with Crippen LogP contribution < -0.4 is 0 Å². The number of hydrogen-bond donors (Lipinski definition) is 0. The highest BCUT2D eigenvalue weighted by Gasteiger charge is 2.29. The molecule has 18 heavy (non-hydrogen) atoms. The minimum Gasteiger partial charge on any atom is -0.337 e. The number of hydrogen-bond acceptors (Lipinski definition) is 3. The summed E-state index contributed by atoms with van der Waals surface area (Å²) >= 11 is 11.8. The second kappa shape index (κ2) is 5.43. The highest BCUT2D eigenvalue weighted by Crippen LogP contribution is 2.22. The molecule has 0 aromatic carbocycles. The number of likely N-dealkylation sites (N-methyl/N-ethyl adjacent to an activating group) is 1. The van der Waals surface area contributed by atoms with E-state index in [9.17, 15) is 4.79 Å². The standard InChI is InChI=1S/C12H15Cl2N3O/c1-16(2)8-3-4-17(7-8)12(18)9-5-11(14)15-6-10(9)13/h5-6,8H,3-4,7H2,1-2H3. The molecule has 2 rings (SSSR count). The second-order valence-electron chi connectivity index (χ2n) is 4.64. The predicted molar refractivity (Wildman–Crippen MR) is 72.3 cm³/mol. The summed E-state index contributed by atoms with van der Waals surface area (Å²) in [6, 6.07) is 1.93. The molecule has 0 N–H and O–H groups in total. The molecule has 0 saturated carbocycles. The van der Waals surface area contributed by atoms with Crippen molar-refractivity contribution >= 4 is 29.1 Å². The lowest BCUT2D eigenvalue weighted by Crippen LogP contribution is -2.34. The number of carbonyl (C=O) groups excluding carboxylic acids is 1. The largest absolute Gasteiger partial charge is 0.337 e. The smallest absolute Gasteiger partial charge is 0.255 e. The zero-order valence-electron chi connectivity index (χ0n) is 10.4. The number of pyridine rings is 1. The van der Waals surface area contributed by atoms with Crippen LogP contribution in [0, 0.1) is 0 Å². The van der Waals surface area contributed by atoms with E-state index in [1.54, 1.807) is 0 Å². The van der Waals surface area contributed by atoms with E-state index in [0.717, 1.165) is 19.5 Å². The molecule has 0 spiro atoms. The molecular formula is C12H15Cl2N3O. The third kappa shape index (κ3) is 2.76. The Kier molecular flexibility index (Phi) is 4.10. The van der Waals surface area contributed by atoms with Gasteiger partial charge in [0.15, 0.2) is 0 Å². The van der Waals surface area contributed by atoms with Crippen LogP contribution in [0.3, 0.4) is 0 Å². The molecule has 1 fully saturated rings. The number of nitrogens with zero attached hydrogens (tertiary/aromatic N) is 3. The molecule has 98 valence electrons. The van der Waals surface area contributed by atoms with Crippen LogP contribution in [0.4, 0.5) is 0 Å². The summed E-state index contributed by atoms with van der Waals surface area (Å²) in [6.45, 7) is 1.47. The second-order valence-corrected chi connectivity index (χ2v) is 5.44. The molecule has 1 unspecified atom stereocenters. The van der Waals surface area contributed by atoms with E-state index in [2.05, 4.69) is 9.88 Å². The van der Waals surface area contributed by atoms with Gasteiger partial charge in [-0.15, -0.1) is 0 Å². The molecule has 1 aromatic heterocycles. The van der Waals surface area contributed by atoms with Gasteiger partial charge < -0.3 is 9.80 Å². The first-order chi connectivity index (χ1) is 8.49. The lowest BCUT2D eigenvalue weighted by atomic mass is 10.2. The van der Waals surface area contributed by atoms with Crippen LogP contribution in [-0.2, 0) is 0 Å². The highest BCUT2D eigenvalue weighted by atomic mass is 35.5. The number of amides is 1. The average molecular weight is 288 g/mol. The quantitative estimate of drug-likeness (QED) is 0.783. The maximum absolute atomic E-state index is 12.3. The number of halogens is 2. The number of likely N-dealkylation sites (tertiary alicyclic amines) is 1. The van der Waals surface area contributed by atoms with Crippen LogP contribution in [0.25, 0.3) is 0 Å². The minimum atomic E-state index is -0.0753. The third-order valence-electron chi connectivity index (χ3n) is 3.23. The summed E-state index contributed by atoms with van der Waals surface area (Å²) < 4.78 is 0. The van der Waals surface area contributed by atoms with Crippen LogP contribution in [0.2, 0.25) is 10.2 Å². The van der Waals surface area contributed by atoms with E-state index in [0.29, 0.717) is 16.6 Å². The summed E-state index contributed by atoms with van der Waals surface area (Å²) in [6.07, 6.45) is 2.39. The van der Waals surface area contributed by atoms with Gasteiger partial charge in [0.2, 0.25) is 0 Å². The van der Waals surface area contributed by atoms with E-state index in [-0.39, 0.29) is 11.1 Å². The molecular weight excluding hydrogens is 273 g/mol. The van der Waals surface area contributed by atoms with Gasteiger partial charge in [-0.3, -0.25) is 4.79 Å². The van der Waals surface area contributed by atoms with Gasteiger partial charge in [0.05, 0.1) is 10.6 Å². The van der Waals surface area contributed by atoms with Crippen molar-refractivity contribution in [1.29, 1.82) is 0 Å². The van der Waals surface area contributed by atoms with Crippen molar-refractivity contribution in [3.05, 3.63) is 28.0 Å². The molecule has 2 heterocycles. The van der Waals surface area contributed by atoms with Crippen molar-refractivity contribution in [3.8, 4) is 0 Å². The predicted octanol–water partition coefficient (Wildman–Crippen LogP) is 2.16. The van der Waals surface area contributed by atoms with Gasteiger partial charge in [0.1, 0.15) is 5.15 Å². The van der Waals surface area contributed by atoms with Crippen molar-refractivity contribution in [1.82, 2.24) is 14.8 Å². The zero-order valence-corrected chi connectivity index (χ0v) is 11.9. The molecule has 1 atom stereocenters. The lowest BCUT2D eigenvalue weighted by molar-refractivity contribution is 0.0783. The molecule has 0 bridgehead atoms. The average Bonchev–Trinajstić information content (AvgIpc) is 2.81. The van der Waals surface area contributed by atoms with Gasteiger partial charge in [0, 0.05) is 25.3 Å². The summed E-state index contributed by atoms with van der Waals surface area (Å²) in [5, 5.41) is 0.629. The van der Waals surface area contributed by atoms with E-state index in [1.807, 2.05) is 19.0 Å². The van der Waals surface area contributed by atoms with Crippen molar-refractivity contribution in [2.45, 2.75) is 12.5 Å². The highest BCUT2D eigenvalue weighted by molar-refractivity contribution is 6.35. The molecule has 1 amide bonds. The van der Waals surface area contributed by atoms with Crippen LogP contribution in [0.15, 0.2) is 12.3 Å². The van der Waals surface area contributed by atoms with Crippen molar-refractivity contribution in [3.63, 3.8) is 0 Å². The van der Waals surface area contributed by atoms with Gasteiger partial charge in [-0.05, 0) is 26.6 Å². The molecule has 4 nitrogen and oxygen atoms in total. The molecule has 0 aliphatic carbocycles. The fourth-order valence-electron chi connectivity index (χ4n) is 2.10. The lowest BCUT2D eigenvalue weighted by Gasteiger charge is -2.20. The fraction of sp³-hybridized carbons (Fsp3) is 0.500. The Morgan fingerprint density at radius 2 is 2.22 bits per heavy atom. The Morgan fingerprint density at radius 3 is 2.83 bits per heavy atom. The topological polar surface area (TPSA) is 36.4 Å². The maximum Gasteiger partial charge on any atom is 0.255 e. The summed E-state index contributed by atoms with van der Waals surface area (Å²) in [4.78, 5) is 20.1. The molecule has 0 radical (unpaired) electrons. The van der Waals surface area contributed by atoms with Crippen LogP contribution in [0.1, 0.15) is 16.8 Å². The number of rotatable bonds is 2. The number of carbonyl (C=O) groups is 1. The fourth-order valence-corrected chi connectivity index (χ4v) is 2.44. The van der Waals surface area contributed by atoms with E-state index < -0.39 is 0 Å². The van der Waals surface area contributed by atoms with Crippen molar-refractivity contribution < 1.29 is 4.79 Å². The van der Waals surface area contributed by atoms with Crippen molar-refractivity contribution in [2.75, 3.05) is 27.2 Å². The Bertz CT molecular complexity index is 465. The van der Waals surface area contributed by atoms with Crippen molar-refractivity contribution in [2.24, 2.45) is 0 Å². The van der Waals surface area contributed by atoms with Gasteiger partial charge in [-0.2, -0.15) is 0 Å². The van der Waals surface area contributed by atoms with Crippen LogP contribution in [-0.4, -0.2) is 53.9 Å². The number of aromatic nitrogens is 1. The van der Waals surface area contributed by atoms with E-state index in [1.165, 1.54) is 12.3 Å². The third-order valence-corrected chi connectivity index (χ3v) is 3.74. The maximum atomic E-state index is 12.3. The first kappa shape index (κ1) is 13.6. The Hall–Kier alpha value is -0.840. The molecule has 1 aromatic rings. The van der Waals surface area contributed by atoms with Gasteiger partial charge in [-0.1, -0.05) is 23.2 Å². The van der Waals surface area contributed by atoms with Gasteiger partial charge in [-0.25, -0.2) is 4.98 Å². The normalized spacial score (nSPS) is 19.6. The minimum absolute atomic E-state index is 0.0753. The van der Waals surface area contributed by atoms with Gasteiger partial charge >= 0.3 is 0 Å². The van der Waals surface area contributed by atoms with E-state index in [4.69, 9.17) is 23.2 Å². The first-order valence-corrected chi connectivity index (χ1v) is 6.51. The van der Waals surface area contributed by atoms with Gasteiger partial charge in [0.25, 0.3) is 5.91 Å². The summed E-state index contributed by atoms with van der Waals surface area (Å²) in [5.41, 5.74) is 0.427. The Morgan fingerprint density at radius 1 is 1.50 bits per heavy atom. The first-order valence-electron chi connectivity index (χ1n) is 5.76. The summed E-state index contributed by atoms with van der Waals surface area (Å²) in [7, 11) is 4.05. The Balaban J connectivity index is 2.15.